The number of methoxy groups -OCH3 is 1. The second-order valence-corrected chi connectivity index (χ2v) is 5.15. The number of likely N-dealkylation sites (tertiary alicyclic amines) is 1. The van der Waals surface area contributed by atoms with Gasteiger partial charge < -0.3 is 14.7 Å². The molecule has 5 nitrogen and oxygen atoms in total. The van der Waals surface area contributed by atoms with E-state index in [-0.39, 0.29) is 5.75 Å². The lowest BCUT2D eigenvalue weighted by molar-refractivity contribution is -0.187. The number of hydrogen-bond donors (Lipinski definition) is 1. The van der Waals surface area contributed by atoms with Crippen LogP contribution < -0.4 is 4.74 Å². The highest BCUT2D eigenvalue weighted by Gasteiger charge is 2.53. The van der Waals surface area contributed by atoms with Gasteiger partial charge in [-0.25, -0.2) is 4.39 Å². The summed E-state index contributed by atoms with van der Waals surface area (Å²) in [6.07, 6.45) is -4.75. The van der Waals surface area contributed by atoms with Gasteiger partial charge in [-0.05, 0) is 12.1 Å². The standard InChI is InChI=1S/C14H13F4NO4/c1-23-7-2-3-8(11(15)4-7)12(20)19-5-9(13(21)22)10(6-19)14(16,17)18/h2-4,9-10H,5-6H2,1H3,(H,21,22)/t9-,10-/m1/s1. The summed E-state index contributed by atoms with van der Waals surface area (Å²) in [5, 5.41) is 8.91. The van der Waals surface area contributed by atoms with Gasteiger partial charge in [0.1, 0.15) is 11.6 Å². The zero-order valence-corrected chi connectivity index (χ0v) is 11.9. The maximum Gasteiger partial charge on any atom is 0.394 e. The highest BCUT2D eigenvalue weighted by molar-refractivity contribution is 5.95. The molecule has 0 spiro atoms. The maximum absolute atomic E-state index is 13.9. The molecule has 0 radical (unpaired) electrons. The molecule has 23 heavy (non-hydrogen) atoms. The summed E-state index contributed by atoms with van der Waals surface area (Å²) in [5.74, 6) is -7.36. The summed E-state index contributed by atoms with van der Waals surface area (Å²) in [6.45, 7) is -1.44. The van der Waals surface area contributed by atoms with E-state index in [9.17, 15) is 27.2 Å². The first-order valence-corrected chi connectivity index (χ1v) is 6.57. The first-order valence-electron chi connectivity index (χ1n) is 6.57. The Hall–Kier alpha value is -2.32. The van der Waals surface area contributed by atoms with E-state index in [2.05, 4.69) is 0 Å². The van der Waals surface area contributed by atoms with Gasteiger partial charge in [0.25, 0.3) is 5.91 Å². The third-order valence-corrected chi connectivity index (χ3v) is 3.75. The summed E-state index contributed by atoms with van der Waals surface area (Å²) in [7, 11) is 1.29. The molecule has 126 valence electrons. The molecule has 1 fully saturated rings. The number of alkyl halides is 3. The highest BCUT2D eigenvalue weighted by atomic mass is 19.4. The lowest BCUT2D eigenvalue weighted by Crippen LogP contribution is -2.34. The van der Waals surface area contributed by atoms with Crippen molar-refractivity contribution in [2.75, 3.05) is 20.2 Å². The van der Waals surface area contributed by atoms with Gasteiger partial charge in [0.05, 0.1) is 24.5 Å². The van der Waals surface area contributed by atoms with E-state index in [0.29, 0.717) is 4.90 Å². The number of rotatable bonds is 3. The molecule has 1 saturated heterocycles. The van der Waals surface area contributed by atoms with Crippen LogP contribution in [0.25, 0.3) is 0 Å². The van der Waals surface area contributed by atoms with E-state index >= 15 is 0 Å². The Morgan fingerprint density at radius 1 is 1.30 bits per heavy atom. The van der Waals surface area contributed by atoms with Crippen molar-refractivity contribution in [3.8, 4) is 5.75 Å². The van der Waals surface area contributed by atoms with Crippen LogP contribution in [0.3, 0.4) is 0 Å². The summed E-state index contributed by atoms with van der Waals surface area (Å²) in [4.78, 5) is 23.9. The predicted octanol–water partition coefficient (Wildman–Crippen LogP) is 2.17. The molecular formula is C14H13F4NO4. The molecule has 1 aliphatic rings. The van der Waals surface area contributed by atoms with Crippen LogP contribution >= 0.6 is 0 Å². The number of carbonyl (C=O) groups is 2. The molecule has 0 unspecified atom stereocenters. The minimum Gasteiger partial charge on any atom is -0.497 e. The summed E-state index contributed by atoms with van der Waals surface area (Å²) < 4.78 is 57.3. The zero-order chi connectivity index (χ0) is 17.4. The lowest BCUT2D eigenvalue weighted by atomic mass is 9.96. The second kappa shape index (κ2) is 6.05. The number of carbonyl (C=O) groups excluding carboxylic acids is 1. The molecule has 1 aromatic carbocycles. The SMILES string of the molecule is COc1ccc(C(=O)N2C[C@@H](C(F)(F)F)[C@H](C(=O)O)C2)c(F)c1. The molecule has 1 heterocycles. The minimum absolute atomic E-state index is 0.150. The van der Waals surface area contributed by atoms with Gasteiger partial charge in [0.15, 0.2) is 0 Å². The molecule has 1 N–H and O–H groups in total. The number of carboxylic acid groups (broad SMARTS) is 1. The lowest BCUT2D eigenvalue weighted by Gasteiger charge is -2.18. The fourth-order valence-electron chi connectivity index (χ4n) is 2.52. The van der Waals surface area contributed by atoms with Crippen molar-refractivity contribution in [2.45, 2.75) is 6.18 Å². The summed E-state index contributed by atoms with van der Waals surface area (Å²) in [6, 6.07) is 3.31. The number of carboxylic acids is 1. The van der Waals surface area contributed by atoms with Crippen LogP contribution in [0.4, 0.5) is 17.6 Å². The predicted molar refractivity (Wildman–Crippen MR) is 69.5 cm³/mol. The molecule has 9 heteroatoms. The van der Waals surface area contributed by atoms with Crippen molar-refractivity contribution >= 4 is 11.9 Å². The van der Waals surface area contributed by atoms with E-state index in [1.165, 1.54) is 13.2 Å². The number of benzene rings is 1. The highest BCUT2D eigenvalue weighted by Crippen LogP contribution is 2.38. The van der Waals surface area contributed by atoms with Crippen molar-refractivity contribution in [1.29, 1.82) is 0 Å². The largest absolute Gasteiger partial charge is 0.497 e. The Morgan fingerprint density at radius 2 is 1.96 bits per heavy atom. The number of amides is 1. The van der Waals surface area contributed by atoms with E-state index in [4.69, 9.17) is 9.84 Å². The molecule has 0 aromatic heterocycles. The normalized spacial score (nSPS) is 21.3. The van der Waals surface area contributed by atoms with Crippen molar-refractivity contribution in [3.05, 3.63) is 29.6 Å². The van der Waals surface area contributed by atoms with Gasteiger partial charge in [-0.2, -0.15) is 13.2 Å². The van der Waals surface area contributed by atoms with Crippen molar-refractivity contribution in [1.82, 2.24) is 4.90 Å². The number of aliphatic carboxylic acids is 1. The molecule has 1 aliphatic heterocycles. The summed E-state index contributed by atoms with van der Waals surface area (Å²) >= 11 is 0. The number of nitrogens with zero attached hydrogens (tertiary/aromatic N) is 1. The van der Waals surface area contributed by atoms with Crippen molar-refractivity contribution < 1.29 is 37.0 Å². The molecule has 0 saturated carbocycles. The molecule has 2 rings (SSSR count). The zero-order valence-electron chi connectivity index (χ0n) is 11.9. The fraction of sp³-hybridized carbons (Fsp3) is 0.429. The smallest absolute Gasteiger partial charge is 0.394 e. The van der Waals surface area contributed by atoms with E-state index in [0.717, 1.165) is 12.1 Å². The molecular weight excluding hydrogens is 322 g/mol. The van der Waals surface area contributed by atoms with E-state index < -0.39 is 54.4 Å². The van der Waals surface area contributed by atoms with Crippen LogP contribution in [0, 0.1) is 17.7 Å². The van der Waals surface area contributed by atoms with Gasteiger partial charge >= 0.3 is 12.1 Å². The number of hydrogen-bond acceptors (Lipinski definition) is 3. The van der Waals surface area contributed by atoms with E-state index in [1.54, 1.807) is 0 Å². The van der Waals surface area contributed by atoms with E-state index in [1.807, 2.05) is 0 Å². The maximum atomic E-state index is 13.9. The first-order chi connectivity index (χ1) is 10.6. The Balaban J connectivity index is 2.26. The average molecular weight is 335 g/mol. The Morgan fingerprint density at radius 3 is 2.39 bits per heavy atom. The van der Waals surface area contributed by atoms with Gasteiger partial charge in [-0.1, -0.05) is 0 Å². The average Bonchev–Trinajstić information content (AvgIpc) is 2.92. The topological polar surface area (TPSA) is 66.8 Å². The van der Waals surface area contributed by atoms with Crippen LogP contribution in [0.15, 0.2) is 18.2 Å². The van der Waals surface area contributed by atoms with Crippen LogP contribution in [0.1, 0.15) is 10.4 Å². The molecule has 1 amide bonds. The first kappa shape index (κ1) is 17.0. The summed E-state index contributed by atoms with van der Waals surface area (Å²) in [5.41, 5.74) is -0.433. The van der Waals surface area contributed by atoms with Crippen LogP contribution in [-0.4, -0.2) is 48.3 Å². The Kier molecular flexibility index (Phi) is 4.49. The monoisotopic (exact) mass is 335 g/mol. The van der Waals surface area contributed by atoms with Crippen LogP contribution in [0.5, 0.6) is 5.75 Å². The van der Waals surface area contributed by atoms with Gasteiger partial charge in [0, 0.05) is 19.2 Å². The molecule has 2 atom stereocenters. The fourth-order valence-corrected chi connectivity index (χ4v) is 2.52. The van der Waals surface area contributed by atoms with Crippen LogP contribution in [0.2, 0.25) is 0 Å². The minimum atomic E-state index is -4.75. The van der Waals surface area contributed by atoms with Gasteiger partial charge in [-0.15, -0.1) is 0 Å². The number of ether oxygens (including phenoxy) is 1. The molecule has 0 aliphatic carbocycles. The third-order valence-electron chi connectivity index (χ3n) is 3.75. The Labute approximate surface area is 128 Å². The third kappa shape index (κ3) is 3.38. The van der Waals surface area contributed by atoms with Crippen molar-refractivity contribution in [2.24, 2.45) is 11.8 Å². The second-order valence-electron chi connectivity index (χ2n) is 5.15. The van der Waals surface area contributed by atoms with Crippen molar-refractivity contribution in [3.63, 3.8) is 0 Å². The Bertz CT molecular complexity index is 632. The van der Waals surface area contributed by atoms with Gasteiger partial charge in [-0.3, -0.25) is 9.59 Å². The quantitative estimate of drug-likeness (QED) is 0.860. The number of halogens is 4. The van der Waals surface area contributed by atoms with Gasteiger partial charge in [0.2, 0.25) is 0 Å². The van der Waals surface area contributed by atoms with Crippen LogP contribution in [-0.2, 0) is 4.79 Å². The molecule has 1 aromatic rings. The molecule has 0 bridgehead atoms.